The van der Waals surface area contributed by atoms with Gasteiger partial charge in [-0.1, -0.05) is 41.9 Å². The molecule has 2 atom stereocenters. The van der Waals surface area contributed by atoms with Crippen molar-refractivity contribution < 1.29 is 17.9 Å². The third-order valence-electron chi connectivity index (χ3n) is 7.75. The predicted octanol–water partition coefficient (Wildman–Crippen LogP) is 7.30. The van der Waals surface area contributed by atoms with Crippen LogP contribution in [0.3, 0.4) is 0 Å². The van der Waals surface area contributed by atoms with Crippen molar-refractivity contribution in [1.29, 1.82) is 0 Å². The van der Waals surface area contributed by atoms with Crippen molar-refractivity contribution in [3.63, 3.8) is 0 Å². The maximum Gasteiger partial charge on any atom is 0.416 e. The number of hydrogen-bond acceptors (Lipinski definition) is 5. The SMILES string of the molecule is Cc1cc(Nc2cc(OCCN3CC4CC3CN4Cc3cccc(Cl)c3)cc(C(F)(F)F)c2)c2ccccc2n1. The lowest BCUT2D eigenvalue weighted by atomic mass is 10.1. The van der Waals surface area contributed by atoms with Crippen LogP contribution in [0.5, 0.6) is 5.75 Å². The molecular weight excluding hydrogens is 537 g/mol. The summed E-state index contributed by atoms with van der Waals surface area (Å²) in [4.78, 5) is 9.39. The molecule has 40 heavy (non-hydrogen) atoms. The molecule has 2 bridgehead atoms. The molecule has 1 N–H and O–H groups in total. The first-order valence-corrected chi connectivity index (χ1v) is 13.8. The number of aromatic nitrogens is 1. The van der Waals surface area contributed by atoms with Crippen molar-refractivity contribution in [3.8, 4) is 5.75 Å². The monoisotopic (exact) mass is 566 g/mol. The summed E-state index contributed by atoms with van der Waals surface area (Å²) >= 11 is 6.14. The van der Waals surface area contributed by atoms with Gasteiger partial charge in [-0.2, -0.15) is 13.2 Å². The molecule has 3 heterocycles. The van der Waals surface area contributed by atoms with E-state index in [1.807, 2.05) is 55.5 Å². The highest BCUT2D eigenvalue weighted by Gasteiger charge is 2.42. The third kappa shape index (κ3) is 5.89. The summed E-state index contributed by atoms with van der Waals surface area (Å²) in [7, 11) is 0. The lowest BCUT2D eigenvalue weighted by Crippen LogP contribution is -2.47. The summed E-state index contributed by atoms with van der Waals surface area (Å²) < 4.78 is 47.2. The molecule has 2 aliphatic heterocycles. The second-order valence-electron chi connectivity index (χ2n) is 10.6. The number of nitrogens with one attached hydrogen (secondary N) is 1. The Bertz CT molecular complexity index is 1530. The minimum absolute atomic E-state index is 0.194. The quantitative estimate of drug-likeness (QED) is 0.242. The van der Waals surface area contributed by atoms with Gasteiger partial charge in [-0.15, -0.1) is 0 Å². The largest absolute Gasteiger partial charge is 0.492 e. The number of likely N-dealkylation sites (tertiary alicyclic amines) is 2. The van der Waals surface area contributed by atoms with E-state index in [-0.39, 0.29) is 5.75 Å². The first-order valence-electron chi connectivity index (χ1n) is 13.4. The summed E-state index contributed by atoms with van der Waals surface area (Å²) in [6.45, 7) is 5.61. The number of alkyl halides is 3. The molecule has 6 rings (SSSR count). The van der Waals surface area contributed by atoms with Crippen LogP contribution in [0.4, 0.5) is 24.5 Å². The molecule has 2 aliphatic rings. The zero-order valence-electron chi connectivity index (χ0n) is 22.1. The number of anilines is 2. The van der Waals surface area contributed by atoms with E-state index in [2.05, 4.69) is 26.2 Å². The first-order chi connectivity index (χ1) is 19.2. The maximum atomic E-state index is 13.8. The van der Waals surface area contributed by atoms with Gasteiger partial charge in [0.1, 0.15) is 12.4 Å². The van der Waals surface area contributed by atoms with Gasteiger partial charge in [0.15, 0.2) is 0 Å². The Labute approximate surface area is 236 Å². The molecule has 2 saturated heterocycles. The summed E-state index contributed by atoms with van der Waals surface area (Å²) in [5.41, 5.74) is 3.02. The minimum atomic E-state index is -4.49. The predicted molar refractivity (Wildman–Crippen MR) is 152 cm³/mol. The van der Waals surface area contributed by atoms with E-state index >= 15 is 0 Å². The van der Waals surface area contributed by atoms with Gasteiger partial charge in [-0.3, -0.25) is 14.8 Å². The molecule has 9 heteroatoms. The van der Waals surface area contributed by atoms with Crippen LogP contribution in [0.1, 0.15) is 23.2 Å². The Hall–Kier alpha value is -3.33. The molecule has 3 aromatic carbocycles. The number of benzene rings is 3. The average Bonchev–Trinajstić information content (AvgIpc) is 3.48. The maximum absolute atomic E-state index is 13.8. The fraction of sp³-hybridized carbons (Fsp3) is 0.323. The van der Waals surface area contributed by atoms with E-state index in [0.29, 0.717) is 36.6 Å². The molecular formula is C31H30ClF3N4O. The molecule has 0 amide bonds. The molecule has 0 aliphatic carbocycles. The minimum Gasteiger partial charge on any atom is -0.492 e. The molecule has 1 aromatic heterocycles. The number of aryl methyl sites for hydroxylation is 1. The van der Waals surface area contributed by atoms with E-state index in [9.17, 15) is 13.2 Å². The fourth-order valence-electron chi connectivity index (χ4n) is 5.93. The first kappa shape index (κ1) is 26.9. The average molecular weight is 567 g/mol. The lowest BCUT2D eigenvalue weighted by Gasteiger charge is -2.34. The van der Waals surface area contributed by atoms with Gasteiger partial charge < -0.3 is 10.1 Å². The Morgan fingerprint density at radius 2 is 1.77 bits per heavy atom. The number of para-hydroxylation sites is 1. The fourth-order valence-corrected chi connectivity index (χ4v) is 6.15. The number of rotatable bonds is 8. The van der Waals surface area contributed by atoms with Crippen LogP contribution in [-0.2, 0) is 12.7 Å². The molecule has 2 unspecified atom stereocenters. The number of hydrogen-bond donors (Lipinski definition) is 1. The molecule has 0 spiro atoms. The van der Waals surface area contributed by atoms with E-state index < -0.39 is 11.7 Å². The lowest BCUT2D eigenvalue weighted by molar-refractivity contribution is -0.137. The Kier molecular flexibility index (Phi) is 7.33. The summed E-state index contributed by atoms with van der Waals surface area (Å²) in [5, 5.41) is 4.76. The normalized spacial score (nSPS) is 19.4. The van der Waals surface area contributed by atoms with Crippen LogP contribution in [0, 0.1) is 6.92 Å². The van der Waals surface area contributed by atoms with Crippen molar-refractivity contribution in [2.24, 2.45) is 0 Å². The zero-order chi connectivity index (χ0) is 27.9. The van der Waals surface area contributed by atoms with E-state index in [1.165, 1.54) is 5.56 Å². The van der Waals surface area contributed by atoms with Gasteiger partial charge >= 0.3 is 6.18 Å². The topological polar surface area (TPSA) is 40.6 Å². The van der Waals surface area contributed by atoms with E-state index in [4.69, 9.17) is 16.3 Å². The highest BCUT2D eigenvalue weighted by atomic mass is 35.5. The second-order valence-corrected chi connectivity index (χ2v) is 11.1. The summed E-state index contributed by atoms with van der Waals surface area (Å²) in [6.07, 6.45) is -3.40. The van der Waals surface area contributed by atoms with Crippen molar-refractivity contribution in [3.05, 3.63) is 94.6 Å². The number of nitrogens with zero attached hydrogens (tertiary/aromatic N) is 3. The van der Waals surface area contributed by atoms with Gasteiger partial charge in [0, 0.05) is 71.8 Å². The summed E-state index contributed by atoms with van der Waals surface area (Å²) in [6, 6.07) is 22.1. The second kappa shape index (κ2) is 10.9. The molecule has 208 valence electrons. The van der Waals surface area contributed by atoms with Gasteiger partial charge in [0.25, 0.3) is 0 Å². The highest BCUT2D eigenvalue weighted by Crippen LogP contribution is 2.36. The third-order valence-corrected chi connectivity index (χ3v) is 7.98. The number of piperazine rings is 1. The molecule has 4 aromatic rings. The van der Waals surface area contributed by atoms with Crippen LogP contribution in [0.25, 0.3) is 10.9 Å². The Balaban J connectivity index is 1.11. The standard InChI is InChI=1S/C31H30ClF3N4O/c1-20-11-30(28-7-2-3-8-29(28)36-20)37-24-13-22(31(33,34)35)14-27(15-24)40-10-9-38-18-26-16-25(38)19-39(26)17-21-5-4-6-23(32)12-21/h2-8,11-15,25-26H,9-10,16-19H2,1H3,(H,36,37). The highest BCUT2D eigenvalue weighted by molar-refractivity contribution is 6.30. The van der Waals surface area contributed by atoms with Crippen molar-refractivity contribution in [2.45, 2.75) is 38.1 Å². The van der Waals surface area contributed by atoms with Crippen molar-refractivity contribution >= 4 is 33.9 Å². The van der Waals surface area contributed by atoms with Crippen molar-refractivity contribution in [2.75, 3.05) is 31.6 Å². The number of pyridine rings is 1. The smallest absolute Gasteiger partial charge is 0.416 e. The van der Waals surface area contributed by atoms with Crippen LogP contribution >= 0.6 is 11.6 Å². The molecule has 2 fully saturated rings. The van der Waals surface area contributed by atoms with E-state index in [0.717, 1.165) is 59.8 Å². The van der Waals surface area contributed by atoms with Crippen LogP contribution in [0.15, 0.2) is 72.8 Å². The Morgan fingerprint density at radius 3 is 2.55 bits per heavy atom. The number of ether oxygens (including phenoxy) is 1. The number of fused-ring (bicyclic) bond motifs is 3. The molecule has 0 radical (unpaired) electrons. The van der Waals surface area contributed by atoms with Gasteiger partial charge in [0.2, 0.25) is 0 Å². The van der Waals surface area contributed by atoms with Crippen LogP contribution < -0.4 is 10.1 Å². The zero-order valence-corrected chi connectivity index (χ0v) is 22.8. The summed E-state index contributed by atoms with van der Waals surface area (Å²) in [5.74, 6) is 0.194. The van der Waals surface area contributed by atoms with Crippen LogP contribution in [-0.4, -0.2) is 53.1 Å². The van der Waals surface area contributed by atoms with Crippen molar-refractivity contribution in [1.82, 2.24) is 14.8 Å². The van der Waals surface area contributed by atoms with Gasteiger partial charge in [-0.25, -0.2) is 0 Å². The van der Waals surface area contributed by atoms with Gasteiger partial charge in [0.05, 0.1) is 11.1 Å². The molecule has 0 saturated carbocycles. The molecule has 5 nitrogen and oxygen atoms in total. The van der Waals surface area contributed by atoms with Gasteiger partial charge in [-0.05, 0) is 55.3 Å². The number of halogens is 4. The van der Waals surface area contributed by atoms with E-state index in [1.54, 1.807) is 6.07 Å². The van der Waals surface area contributed by atoms with Crippen LogP contribution in [0.2, 0.25) is 5.02 Å². The Morgan fingerprint density at radius 1 is 0.975 bits per heavy atom.